The van der Waals surface area contributed by atoms with Gasteiger partial charge in [0.25, 0.3) is 11.8 Å². The van der Waals surface area contributed by atoms with Gasteiger partial charge in [0.15, 0.2) is 0 Å². The Bertz CT molecular complexity index is 441. The predicted octanol–water partition coefficient (Wildman–Crippen LogP) is -0.291. The first-order chi connectivity index (χ1) is 9.91. The monoisotopic (exact) mass is 295 g/mol. The molecule has 0 aliphatic carbocycles. The molecular weight excluding hydrogens is 274 g/mol. The van der Waals surface area contributed by atoms with E-state index in [9.17, 15) is 19.2 Å². The normalized spacial score (nSPS) is 15.4. The number of amides is 4. The Morgan fingerprint density at radius 1 is 1.24 bits per heavy atom. The summed E-state index contributed by atoms with van der Waals surface area (Å²) in [5, 5.41) is 2.71. The SMILES string of the molecule is CC(CCCCNC(=O)CCN1C(=O)C=CC1=O)C(N)=O. The molecular formula is C14H21N3O4. The Balaban J connectivity index is 2.08. The second kappa shape index (κ2) is 8.18. The van der Waals surface area contributed by atoms with E-state index < -0.39 is 0 Å². The van der Waals surface area contributed by atoms with E-state index in [1.54, 1.807) is 6.92 Å². The molecule has 0 aromatic heterocycles. The molecule has 7 nitrogen and oxygen atoms in total. The summed E-state index contributed by atoms with van der Waals surface area (Å²) >= 11 is 0. The molecule has 1 aliphatic heterocycles. The number of primary amides is 1. The van der Waals surface area contributed by atoms with Crippen LogP contribution >= 0.6 is 0 Å². The van der Waals surface area contributed by atoms with Crippen molar-refractivity contribution in [1.29, 1.82) is 0 Å². The number of nitrogens with zero attached hydrogens (tertiary/aromatic N) is 1. The molecule has 3 N–H and O–H groups in total. The maximum absolute atomic E-state index is 11.6. The number of hydrogen-bond acceptors (Lipinski definition) is 4. The molecule has 0 saturated carbocycles. The van der Waals surface area contributed by atoms with Crippen LogP contribution in [0.3, 0.4) is 0 Å². The highest BCUT2D eigenvalue weighted by Gasteiger charge is 2.23. The van der Waals surface area contributed by atoms with Gasteiger partial charge in [0, 0.05) is 37.6 Å². The predicted molar refractivity (Wildman–Crippen MR) is 75.7 cm³/mol. The van der Waals surface area contributed by atoms with Crippen LogP contribution < -0.4 is 11.1 Å². The van der Waals surface area contributed by atoms with E-state index in [2.05, 4.69) is 5.32 Å². The highest BCUT2D eigenvalue weighted by atomic mass is 16.2. The number of nitrogens with one attached hydrogen (secondary N) is 1. The Morgan fingerprint density at radius 3 is 2.43 bits per heavy atom. The zero-order valence-electron chi connectivity index (χ0n) is 12.1. The molecule has 0 radical (unpaired) electrons. The number of rotatable bonds is 9. The van der Waals surface area contributed by atoms with Gasteiger partial charge in [-0.05, 0) is 12.8 Å². The quantitative estimate of drug-likeness (QED) is 0.450. The van der Waals surface area contributed by atoms with Crippen LogP contribution in [0.25, 0.3) is 0 Å². The second-order valence-electron chi connectivity index (χ2n) is 5.06. The lowest BCUT2D eigenvalue weighted by molar-refractivity contribution is -0.137. The maximum atomic E-state index is 11.6. The lowest BCUT2D eigenvalue weighted by Gasteiger charge is -2.13. The number of nitrogens with two attached hydrogens (primary N) is 1. The zero-order valence-corrected chi connectivity index (χ0v) is 12.1. The van der Waals surface area contributed by atoms with Gasteiger partial charge in [-0.2, -0.15) is 0 Å². The molecule has 21 heavy (non-hydrogen) atoms. The van der Waals surface area contributed by atoms with Crippen molar-refractivity contribution in [3.05, 3.63) is 12.2 Å². The van der Waals surface area contributed by atoms with Crippen molar-refractivity contribution in [3.8, 4) is 0 Å². The van der Waals surface area contributed by atoms with Crippen LogP contribution in [0.1, 0.15) is 32.6 Å². The molecule has 0 fully saturated rings. The molecule has 1 rings (SSSR count). The van der Waals surface area contributed by atoms with Crippen LogP contribution in [0.5, 0.6) is 0 Å². The van der Waals surface area contributed by atoms with Crippen molar-refractivity contribution in [1.82, 2.24) is 10.2 Å². The van der Waals surface area contributed by atoms with Gasteiger partial charge >= 0.3 is 0 Å². The molecule has 1 heterocycles. The average Bonchev–Trinajstić information content (AvgIpc) is 2.75. The first-order valence-electron chi connectivity index (χ1n) is 7.01. The minimum atomic E-state index is -0.381. The van der Waals surface area contributed by atoms with Crippen LogP contribution in [-0.2, 0) is 19.2 Å². The third kappa shape index (κ3) is 5.76. The molecule has 1 aliphatic rings. The fourth-order valence-corrected chi connectivity index (χ4v) is 1.90. The molecule has 0 aromatic rings. The van der Waals surface area contributed by atoms with E-state index in [1.807, 2.05) is 0 Å². The molecule has 0 bridgehead atoms. The van der Waals surface area contributed by atoms with E-state index in [1.165, 1.54) is 12.2 Å². The van der Waals surface area contributed by atoms with Crippen LogP contribution in [0, 0.1) is 5.92 Å². The number of hydrogen-bond donors (Lipinski definition) is 2. The first-order valence-corrected chi connectivity index (χ1v) is 7.01. The molecule has 1 unspecified atom stereocenters. The first kappa shape index (κ1) is 16.9. The Kier molecular flexibility index (Phi) is 6.58. The summed E-state index contributed by atoms with van der Waals surface area (Å²) in [6.45, 7) is 2.37. The number of carbonyl (C=O) groups excluding carboxylic acids is 4. The van der Waals surface area contributed by atoms with Gasteiger partial charge in [-0.3, -0.25) is 24.1 Å². The molecule has 0 saturated heterocycles. The summed E-state index contributed by atoms with van der Waals surface area (Å²) < 4.78 is 0. The van der Waals surface area contributed by atoms with E-state index in [0.717, 1.165) is 17.7 Å². The summed E-state index contributed by atoms with van der Waals surface area (Å²) in [5.41, 5.74) is 5.15. The van der Waals surface area contributed by atoms with Crippen LogP contribution in [-0.4, -0.2) is 41.6 Å². The van der Waals surface area contributed by atoms with Gasteiger partial charge in [0.1, 0.15) is 0 Å². The van der Waals surface area contributed by atoms with Crippen molar-refractivity contribution in [2.45, 2.75) is 32.6 Å². The van der Waals surface area contributed by atoms with Crippen LogP contribution in [0.2, 0.25) is 0 Å². The zero-order chi connectivity index (χ0) is 15.8. The largest absolute Gasteiger partial charge is 0.369 e. The van der Waals surface area contributed by atoms with Gasteiger partial charge in [-0.25, -0.2) is 0 Å². The van der Waals surface area contributed by atoms with Gasteiger partial charge in [-0.1, -0.05) is 13.3 Å². The summed E-state index contributed by atoms with van der Waals surface area (Å²) in [4.78, 5) is 46.0. The van der Waals surface area contributed by atoms with Crippen molar-refractivity contribution in [2.24, 2.45) is 11.7 Å². The maximum Gasteiger partial charge on any atom is 0.253 e. The van der Waals surface area contributed by atoms with Crippen LogP contribution in [0.15, 0.2) is 12.2 Å². The smallest absolute Gasteiger partial charge is 0.253 e. The average molecular weight is 295 g/mol. The second-order valence-corrected chi connectivity index (χ2v) is 5.06. The molecule has 1 atom stereocenters. The minimum Gasteiger partial charge on any atom is -0.369 e. The molecule has 4 amide bonds. The van der Waals surface area contributed by atoms with E-state index >= 15 is 0 Å². The molecule has 0 aromatic carbocycles. The van der Waals surface area contributed by atoms with Gasteiger partial charge < -0.3 is 11.1 Å². The van der Waals surface area contributed by atoms with Crippen LogP contribution in [0.4, 0.5) is 0 Å². The lowest BCUT2D eigenvalue weighted by Crippen LogP contribution is -2.35. The van der Waals surface area contributed by atoms with E-state index in [-0.39, 0.29) is 42.5 Å². The Morgan fingerprint density at radius 2 is 1.86 bits per heavy atom. The van der Waals surface area contributed by atoms with Crippen molar-refractivity contribution in [2.75, 3.05) is 13.1 Å². The minimum absolute atomic E-state index is 0.0925. The van der Waals surface area contributed by atoms with Crippen molar-refractivity contribution < 1.29 is 19.2 Å². The molecule has 116 valence electrons. The number of carbonyl (C=O) groups is 4. The van der Waals surface area contributed by atoms with Gasteiger partial charge in [0.05, 0.1) is 0 Å². The van der Waals surface area contributed by atoms with Crippen molar-refractivity contribution >= 4 is 23.6 Å². The fraction of sp³-hybridized carbons (Fsp3) is 0.571. The highest BCUT2D eigenvalue weighted by Crippen LogP contribution is 2.06. The van der Waals surface area contributed by atoms with Gasteiger partial charge in [-0.15, -0.1) is 0 Å². The highest BCUT2D eigenvalue weighted by molar-refractivity contribution is 6.13. The Hall–Kier alpha value is -2.18. The third-order valence-electron chi connectivity index (χ3n) is 3.33. The summed E-state index contributed by atoms with van der Waals surface area (Å²) in [7, 11) is 0. The number of unbranched alkanes of at least 4 members (excludes halogenated alkanes) is 1. The number of imide groups is 1. The van der Waals surface area contributed by atoms with Gasteiger partial charge in [0.2, 0.25) is 11.8 Å². The Labute approximate surface area is 123 Å². The standard InChI is InChI=1S/C14H21N3O4/c1-10(14(15)21)4-2-3-8-16-11(18)7-9-17-12(19)5-6-13(17)20/h5-6,10H,2-4,7-9H2,1H3,(H2,15,21)(H,16,18). The summed E-state index contributed by atoms with van der Waals surface area (Å²) in [6.07, 6.45) is 4.74. The fourth-order valence-electron chi connectivity index (χ4n) is 1.90. The van der Waals surface area contributed by atoms with E-state index in [4.69, 9.17) is 5.73 Å². The molecule has 0 spiro atoms. The summed E-state index contributed by atoms with van der Waals surface area (Å²) in [5.74, 6) is -1.43. The topological polar surface area (TPSA) is 110 Å². The lowest BCUT2D eigenvalue weighted by atomic mass is 10.0. The van der Waals surface area contributed by atoms with Crippen molar-refractivity contribution in [3.63, 3.8) is 0 Å². The third-order valence-corrected chi connectivity index (χ3v) is 3.33. The summed E-state index contributed by atoms with van der Waals surface area (Å²) in [6, 6.07) is 0. The van der Waals surface area contributed by atoms with E-state index in [0.29, 0.717) is 13.0 Å². The molecule has 7 heteroatoms.